The molecule has 0 radical (unpaired) electrons. The molecule has 0 amide bonds. The number of aromatic nitrogens is 4. The molecule has 0 aliphatic heterocycles. The van der Waals surface area contributed by atoms with Gasteiger partial charge in [-0.25, -0.2) is 9.78 Å². The fourth-order valence-electron chi connectivity index (χ4n) is 2.95. The summed E-state index contributed by atoms with van der Waals surface area (Å²) in [5.41, 5.74) is 7.69. The van der Waals surface area contributed by atoms with Crippen molar-refractivity contribution in [3.63, 3.8) is 0 Å². The van der Waals surface area contributed by atoms with Crippen LogP contribution in [0.3, 0.4) is 0 Å². The summed E-state index contributed by atoms with van der Waals surface area (Å²) in [5, 5.41) is 0. The predicted molar refractivity (Wildman–Crippen MR) is 109 cm³/mol. The highest BCUT2D eigenvalue weighted by atomic mass is 35.5. The van der Waals surface area contributed by atoms with Crippen LogP contribution in [0.2, 0.25) is 0 Å². The molecule has 0 aliphatic carbocycles. The van der Waals surface area contributed by atoms with Gasteiger partial charge in [0.2, 0.25) is 0 Å². The zero-order valence-electron chi connectivity index (χ0n) is 15.5. The van der Waals surface area contributed by atoms with E-state index in [1.807, 2.05) is 38.1 Å². The zero-order valence-corrected chi connectivity index (χ0v) is 16.3. The van der Waals surface area contributed by atoms with Crippen LogP contribution in [0, 0.1) is 0 Å². The lowest BCUT2D eigenvalue weighted by molar-refractivity contribution is 0.555. The van der Waals surface area contributed by atoms with Crippen molar-refractivity contribution in [1.82, 2.24) is 19.1 Å². The van der Waals surface area contributed by atoms with E-state index in [1.54, 1.807) is 4.57 Å². The minimum atomic E-state index is -0.313. The molecule has 2 heterocycles. The number of hydrogen-bond acceptors (Lipinski definition) is 4. The Morgan fingerprint density at radius 3 is 2.19 bits per heavy atom. The van der Waals surface area contributed by atoms with Gasteiger partial charge in [-0.2, -0.15) is 0 Å². The Hall–Kier alpha value is -2.42. The van der Waals surface area contributed by atoms with Crippen molar-refractivity contribution >= 4 is 23.6 Å². The Kier molecular flexibility index (Phi) is 7.96. The standard InChI is InChI=1S/C18H23N5O2.ClH.H2O/c1-3-9-22-16-14(17(24)23(10-4-2)18(22)25)20-15(21-16)13-7-5-12(11-19)6-8-13;;/h5-8H,3-4,9-11,19H2,1-2H3,(H,20,21);1H;1H2. The minimum Gasteiger partial charge on any atom is -0.412 e. The molecule has 0 spiro atoms. The average Bonchev–Trinajstić information content (AvgIpc) is 3.08. The van der Waals surface area contributed by atoms with Crippen molar-refractivity contribution < 1.29 is 5.48 Å². The van der Waals surface area contributed by atoms with E-state index in [0.29, 0.717) is 43.0 Å². The second-order valence-corrected chi connectivity index (χ2v) is 6.08. The van der Waals surface area contributed by atoms with Crippen molar-refractivity contribution in [1.29, 1.82) is 0 Å². The summed E-state index contributed by atoms with van der Waals surface area (Å²) in [5.74, 6) is 0.578. The number of rotatable bonds is 6. The van der Waals surface area contributed by atoms with Gasteiger partial charge in [-0.05, 0) is 18.4 Å². The lowest BCUT2D eigenvalue weighted by atomic mass is 10.1. The number of hydrogen-bond donors (Lipinski definition) is 2. The maximum absolute atomic E-state index is 12.7. The summed E-state index contributed by atoms with van der Waals surface area (Å²) in [4.78, 5) is 33.0. The van der Waals surface area contributed by atoms with Crippen LogP contribution < -0.4 is 17.0 Å². The fourth-order valence-corrected chi connectivity index (χ4v) is 2.95. The summed E-state index contributed by atoms with van der Waals surface area (Å²) in [6.07, 6.45) is 1.50. The van der Waals surface area contributed by atoms with Crippen LogP contribution >= 0.6 is 12.4 Å². The van der Waals surface area contributed by atoms with E-state index in [0.717, 1.165) is 17.5 Å². The normalized spacial score (nSPS) is 10.5. The van der Waals surface area contributed by atoms with Gasteiger partial charge >= 0.3 is 5.69 Å². The molecule has 1 aromatic carbocycles. The van der Waals surface area contributed by atoms with Crippen molar-refractivity contribution in [2.75, 3.05) is 0 Å². The van der Waals surface area contributed by atoms with Crippen molar-refractivity contribution in [3.05, 3.63) is 50.7 Å². The molecule has 8 nitrogen and oxygen atoms in total. The number of H-pyrrole nitrogens is 1. The van der Waals surface area contributed by atoms with Crippen LogP contribution in [0.15, 0.2) is 33.9 Å². The number of halogens is 1. The van der Waals surface area contributed by atoms with Gasteiger partial charge in [0, 0.05) is 25.2 Å². The van der Waals surface area contributed by atoms with Crippen molar-refractivity contribution in [3.8, 4) is 11.4 Å². The molecule has 3 aromatic rings. The molecule has 0 unspecified atom stereocenters. The number of fused-ring (bicyclic) bond motifs is 1. The molecule has 0 saturated carbocycles. The topological polar surface area (TPSA) is 130 Å². The molecule has 27 heavy (non-hydrogen) atoms. The van der Waals surface area contributed by atoms with Gasteiger partial charge in [-0.1, -0.05) is 38.1 Å². The Labute approximate surface area is 162 Å². The predicted octanol–water partition coefficient (Wildman–Crippen LogP) is 1.43. The van der Waals surface area contributed by atoms with Gasteiger partial charge in [-0.3, -0.25) is 13.9 Å². The summed E-state index contributed by atoms with van der Waals surface area (Å²) in [7, 11) is 0. The van der Waals surface area contributed by atoms with Crippen LogP contribution in [-0.2, 0) is 19.6 Å². The van der Waals surface area contributed by atoms with Crippen molar-refractivity contribution in [2.24, 2.45) is 5.73 Å². The van der Waals surface area contributed by atoms with E-state index in [1.165, 1.54) is 4.57 Å². The van der Waals surface area contributed by atoms with Gasteiger partial charge in [0.05, 0.1) is 0 Å². The Morgan fingerprint density at radius 1 is 1.04 bits per heavy atom. The molecule has 0 bridgehead atoms. The second kappa shape index (κ2) is 9.50. The van der Waals surface area contributed by atoms with Crippen LogP contribution in [0.25, 0.3) is 22.6 Å². The van der Waals surface area contributed by atoms with Gasteiger partial charge in [0.15, 0.2) is 5.65 Å². The monoisotopic (exact) mass is 395 g/mol. The van der Waals surface area contributed by atoms with Crippen LogP contribution in [0.5, 0.6) is 0 Å². The van der Waals surface area contributed by atoms with Gasteiger partial charge < -0.3 is 16.2 Å². The lowest BCUT2D eigenvalue weighted by Gasteiger charge is -2.09. The molecule has 0 fully saturated rings. The number of nitrogens with two attached hydrogens (primary N) is 1. The second-order valence-electron chi connectivity index (χ2n) is 6.08. The number of aromatic amines is 1. The summed E-state index contributed by atoms with van der Waals surface area (Å²) in [6.45, 7) is 5.33. The summed E-state index contributed by atoms with van der Waals surface area (Å²) in [6, 6.07) is 7.67. The first-order valence-corrected chi connectivity index (χ1v) is 8.63. The van der Waals surface area contributed by atoms with E-state index in [2.05, 4.69) is 9.97 Å². The SMILES string of the molecule is CCCn1c(=O)c2[nH]c(-c3ccc(CN)cc3)nc2n(CCC)c1=O.Cl.O. The van der Waals surface area contributed by atoms with E-state index in [4.69, 9.17) is 5.73 Å². The van der Waals surface area contributed by atoms with Crippen molar-refractivity contribution in [2.45, 2.75) is 46.3 Å². The highest BCUT2D eigenvalue weighted by Gasteiger charge is 2.17. The smallest absolute Gasteiger partial charge is 0.332 e. The molecule has 148 valence electrons. The fraction of sp³-hybridized carbons (Fsp3) is 0.389. The van der Waals surface area contributed by atoms with E-state index >= 15 is 0 Å². The van der Waals surface area contributed by atoms with Gasteiger partial charge in [0.1, 0.15) is 11.3 Å². The van der Waals surface area contributed by atoms with Crippen LogP contribution in [0.1, 0.15) is 32.3 Å². The molecular formula is C18H26ClN5O3. The first-order chi connectivity index (χ1) is 12.1. The number of benzene rings is 1. The Morgan fingerprint density at radius 2 is 1.63 bits per heavy atom. The minimum absolute atomic E-state index is 0. The summed E-state index contributed by atoms with van der Waals surface area (Å²) >= 11 is 0. The number of imidazole rings is 1. The Balaban J connectivity index is 0.00000182. The Bertz CT molecular complexity index is 1000. The van der Waals surface area contributed by atoms with Crippen LogP contribution in [0.4, 0.5) is 0 Å². The molecule has 0 aliphatic rings. The van der Waals surface area contributed by atoms with E-state index in [-0.39, 0.29) is 29.1 Å². The molecule has 9 heteroatoms. The highest BCUT2D eigenvalue weighted by molar-refractivity contribution is 5.85. The van der Waals surface area contributed by atoms with Gasteiger partial charge in [0.25, 0.3) is 5.56 Å². The number of nitrogens with one attached hydrogen (secondary N) is 1. The molecule has 5 N–H and O–H groups in total. The molecule has 2 aromatic heterocycles. The third-order valence-corrected chi connectivity index (χ3v) is 4.22. The first kappa shape index (κ1) is 22.6. The zero-order chi connectivity index (χ0) is 18.0. The number of nitrogens with zero attached hydrogens (tertiary/aromatic N) is 3. The maximum atomic E-state index is 12.7. The molecule has 0 saturated heterocycles. The third-order valence-electron chi connectivity index (χ3n) is 4.22. The van der Waals surface area contributed by atoms with E-state index in [9.17, 15) is 9.59 Å². The third kappa shape index (κ3) is 4.13. The molecule has 0 atom stereocenters. The maximum Gasteiger partial charge on any atom is 0.332 e. The largest absolute Gasteiger partial charge is 0.412 e. The van der Waals surface area contributed by atoms with Gasteiger partial charge in [-0.15, -0.1) is 12.4 Å². The quantitative estimate of drug-likeness (QED) is 0.653. The van der Waals surface area contributed by atoms with Crippen LogP contribution in [-0.4, -0.2) is 24.6 Å². The lowest BCUT2D eigenvalue weighted by Crippen LogP contribution is -2.40. The molecule has 3 rings (SSSR count). The average molecular weight is 396 g/mol. The first-order valence-electron chi connectivity index (χ1n) is 8.63. The summed E-state index contributed by atoms with van der Waals surface area (Å²) < 4.78 is 2.87. The number of aryl methyl sites for hydroxylation is 1. The van der Waals surface area contributed by atoms with E-state index < -0.39 is 0 Å². The molecular weight excluding hydrogens is 370 g/mol. The highest BCUT2D eigenvalue weighted by Crippen LogP contribution is 2.19.